The van der Waals surface area contributed by atoms with Crippen molar-refractivity contribution in [3.05, 3.63) is 65.1 Å². The van der Waals surface area contributed by atoms with Gasteiger partial charge in [-0.15, -0.1) is 11.3 Å². The highest BCUT2D eigenvalue weighted by atomic mass is 32.1. The van der Waals surface area contributed by atoms with E-state index in [-0.39, 0.29) is 18.0 Å². The quantitative estimate of drug-likeness (QED) is 0.557. The molecule has 6 heteroatoms. The molecule has 3 heterocycles. The van der Waals surface area contributed by atoms with Crippen LogP contribution in [0.15, 0.2) is 48.1 Å². The first-order valence-electron chi connectivity index (χ1n) is 10.4. The van der Waals surface area contributed by atoms with Gasteiger partial charge in [-0.05, 0) is 55.9 Å². The van der Waals surface area contributed by atoms with Crippen LogP contribution in [0.3, 0.4) is 0 Å². The molecule has 1 aliphatic rings. The fourth-order valence-electron chi connectivity index (χ4n) is 4.21. The van der Waals surface area contributed by atoms with E-state index in [1.165, 1.54) is 16.9 Å². The number of amides is 1. The van der Waals surface area contributed by atoms with Crippen LogP contribution in [0, 0.1) is 0 Å². The summed E-state index contributed by atoms with van der Waals surface area (Å²) < 4.78 is 0. The van der Waals surface area contributed by atoms with Crippen LogP contribution < -0.4 is 0 Å². The Balaban J connectivity index is 1.70. The lowest BCUT2D eigenvalue weighted by atomic mass is 9.89. The molecule has 1 amide bonds. The average molecular weight is 407 g/mol. The van der Waals surface area contributed by atoms with Crippen molar-refractivity contribution >= 4 is 17.2 Å². The van der Waals surface area contributed by atoms with Crippen LogP contribution in [0.1, 0.15) is 67.3 Å². The molecule has 1 aliphatic carbocycles. The molecular formula is C23H26N4OS. The monoisotopic (exact) mass is 406 g/mol. The minimum absolute atomic E-state index is 0.000587. The van der Waals surface area contributed by atoms with E-state index < -0.39 is 0 Å². The molecular weight excluding hydrogens is 380 g/mol. The van der Waals surface area contributed by atoms with Crippen molar-refractivity contribution in [2.24, 2.45) is 0 Å². The molecule has 4 rings (SSSR count). The van der Waals surface area contributed by atoms with Crippen LogP contribution in [-0.4, -0.2) is 31.8 Å². The summed E-state index contributed by atoms with van der Waals surface area (Å²) >= 11 is 1.47. The fourth-order valence-corrected chi connectivity index (χ4v) is 4.98. The highest BCUT2D eigenvalue weighted by molar-refractivity contribution is 7.13. The first-order chi connectivity index (χ1) is 14.2. The number of aryl methyl sites for hydroxylation is 1. The number of hydrogen-bond donors (Lipinski definition) is 0. The molecule has 0 saturated carbocycles. The topological polar surface area (TPSA) is 59.0 Å². The Morgan fingerprint density at radius 1 is 1.17 bits per heavy atom. The van der Waals surface area contributed by atoms with Gasteiger partial charge in [0.2, 0.25) is 0 Å². The predicted octanol–water partition coefficient (Wildman–Crippen LogP) is 5.31. The molecule has 1 atom stereocenters. The van der Waals surface area contributed by atoms with E-state index in [2.05, 4.69) is 39.8 Å². The predicted molar refractivity (Wildman–Crippen MR) is 116 cm³/mol. The van der Waals surface area contributed by atoms with E-state index in [0.29, 0.717) is 5.69 Å². The van der Waals surface area contributed by atoms with E-state index in [9.17, 15) is 4.79 Å². The van der Waals surface area contributed by atoms with Gasteiger partial charge in [-0.25, -0.2) is 4.98 Å². The maximum atomic E-state index is 13.7. The largest absolute Gasteiger partial charge is 0.326 e. The van der Waals surface area contributed by atoms with Crippen molar-refractivity contribution < 1.29 is 4.79 Å². The van der Waals surface area contributed by atoms with Gasteiger partial charge in [-0.3, -0.25) is 14.8 Å². The van der Waals surface area contributed by atoms with Gasteiger partial charge in [-0.1, -0.05) is 26.0 Å². The van der Waals surface area contributed by atoms with E-state index in [4.69, 9.17) is 0 Å². The summed E-state index contributed by atoms with van der Waals surface area (Å²) in [7, 11) is 0. The van der Waals surface area contributed by atoms with Crippen LogP contribution in [0.5, 0.6) is 0 Å². The third kappa shape index (κ3) is 3.94. The number of carbonyl (C=O) groups excluding carboxylic acids is 1. The second-order valence-corrected chi connectivity index (χ2v) is 8.25. The minimum Gasteiger partial charge on any atom is -0.326 e. The molecule has 0 fully saturated rings. The number of nitrogens with zero attached hydrogens (tertiary/aromatic N) is 4. The van der Waals surface area contributed by atoms with Crippen molar-refractivity contribution in [1.29, 1.82) is 0 Å². The van der Waals surface area contributed by atoms with Crippen LogP contribution in [0.4, 0.5) is 0 Å². The number of aromatic nitrogens is 3. The van der Waals surface area contributed by atoms with Crippen LogP contribution >= 0.6 is 11.3 Å². The fraction of sp³-hybridized carbons (Fsp3) is 0.391. The van der Waals surface area contributed by atoms with Crippen LogP contribution in [-0.2, 0) is 6.42 Å². The average Bonchev–Trinajstić information content (AvgIpc) is 3.28. The van der Waals surface area contributed by atoms with Gasteiger partial charge in [-0.2, -0.15) is 0 Å². The van der Waals surface area contributed by atoms with E-state index in [1.54, 1.807) is 6.20 Å². The molecule has 0 aromatic carbocycles. The van der Waals surface area contributed by atoms with Crippen molar-refractivity contribution in [3.63, 3.8) is 0 Å². The van der Waals surface area contributed by atoms with Gasteiger partial charge in [0.05, 0.1) is 17.4 Å². The summed E-state index contributed by atoms with van der Waals surface area (Å²) in [6.45, 7) is 4.30. The van der Waals surface area contributed by atoms with Gasteiger partial charge >= 0.3 is 0 Å². The Hall–Kier alpha value is -2.60. The van der Waals surface area contributed by atoms with E-state index in [1.807, 2.05) is 35.8 Å². The zero-order valence-corrected chi connectivity index (χ0v) is 17.7. The number of rotatable bonds is 6. The second kappa shape index (κ2) is 8.82. The molecule has 0 unspecified atom stereocenters. The summed E-state index contributed by atoms with van der Waals surface area (Å²) in [6, 6.07) is 10.1. The summed E-state index contributed by atoms with van der Waals surface area (Å²) in [5.41, 5.74) is 3.63. The maximum Gasteiger partial charge on any atom is 0.274 e. The Morgan fingerprint density at radius 3 is 2.76 bits per heavy atom. The minimum atomic E-state index is 0.000587. The molecule has 0 bridgehead atoms. The molecule has 5 nitrogen and oxygen atoms in total. The number of thiazole rings is 1. The van der Waals surface area contributed by atoms with Crippen molar-refractivity contribution in [2.45, 2.75) is 58.0 Å². The zero-order chi connectivity index (χ0) is 20.2. The molecule has 150 valence electrons. The highest BCUT2D eigenvalue weighted by Gasteiger charge is 2.35. The third-order valence-electron chi connectivity index (χ3n) is 5.68. The van der Waals surface area contributed by atoms with Crippen molar-refractivity contribution in [1.82, 2.24) is 19.9 Å². The smallest absolute Gasteiger partial charge is 0.274 e. The van der Waals surface area contributed by atoms with Gasteiger partial charge < -0.3 is 4.90 Å². The lowest BCUT2D eigenvalue weighted by Gasteiger charge is -2.39. The first-order valence-corrected chi connectivity index (χ1v) is 11.2. The van der Waals surface area contributed by atoms with Crippen LogP contribution in [0.25, 0.3) is 10.7 Å². The summed E-state index contributed by atoms with van der Waals surface area (Å²) in [5, 5.41) is 2.64. The Morgan fingerprint density at radius 2 is 2.00 bits per heavy atom. The number of hydrogen-bond acceptors (Lipinski definition) is 5. The number of fused-ring (bicyclic) bond motifs is 1. The van der Waals surface area contributed by atoms with Gasteiger partial charge in [0.25, 0.3) is 5.91 Å². The second-order valence-electron chi connectivity index (χ2n) is 7.39. The first kappa shape index (κ1) is 19.7. The van der Waals surface area contributed by atoms with Gasteiger partial charge in [0.1, 0.15) is 10.7 Å². The molecule has 0 saturated heterocycles. The molecule has 0 spiro atoms. The molecule has 29 heavy (non-hydrogen) atoms. The van der Waals surface area contributed by atoms with Crippen LogP contribution in [0.2, 0.25) is 0 Å². The molecule has 3 aromatic rings. The molecule has 0 radical (unpaired) electrons. The number of carbonyl (C=O) groups is 1. The highest BCUT2D eigenvalue weighted by Crippen LogP contribution is 2.36. The zero-order valence-electron chi connectivity index (χ0n) is 16.9. The Labute approximate surface area is 175 Å². The molecule has 3 aromatic heterocycles. The SMILES string of the molecule is CCC(CC)N(C(=O)c1csc(-c2ccccn2)n1)[C@@H]1CCCc2cccnc21. The Bertz CT molecular complexity index is 968. The summed E-state index contributed by atoms with van der Waals surface area (Å²) in [6.07, 6.45) is 8.47. The van der Waals surface area contributed by atoms with Crippen molar-refractivity contribution in [2.75, 3.05) is 0 Å². The van der Waals surface area contributed by atoms with Crippen molar-refractivity contribution in [3.8, 4) is 10.7 Å². The maximum absolute atomic E-state index is 13.7. The third-order valence-corrected chi connectivity index (χ3v) is 6.54. The standard InChI is InChI=1S/C23H26N4OS/c1-3-17(4-2)27(20-12-7-9-16-10-8-14-25-21(16)20)23(28)19-15-29-22(26-19)18-11-5-6-13-24-18/h5-6,8,10-11,13-15,17,20H,3-4,7,9,12H2,1-2H3/t20-/m1/s1. The number of pyridine rings is 2. The normalized spacial score (nSPS) is 15.9. The van der Waals surface area contributed by atoms with E-state index in [0.717, 1.165) is 48.5 Å². The lowest BCUT2D eigenvalue weighted by Crippen LogP contribution is -2.44. The molecule has 0 aliphatic heterocycles. The lowest BCUT2D eigenvalue weighted by molar-refractivity contribution is 0.0514. The molecule has 0 N–H and O–H groups in total. The Kier molecular flexibility index (Phi) is 6.00. The summed E-state index contributed by atoms with van der Waals surface area (Å²) in [4.78, 5) is 29.4. The van der Waals surface area contributed by atoms with Gasteiger partial charge in [0, 0.05) is 23.8 Å². The van der Waals surface area contributed by atoms with E-state index >= 15 is 0 Å². The summed E-state index contributed by atoms with van der Waals surface area (Å²) in [5.74, 6) is 0.000587. The van der Waals surface area contributed by atoms with Gasteiger partial charge in [0.15, 0.2) is 0 Å².